The van der Waals surface area contributed by atoms with E-state index in [9.17, 15) is 9.59 Å². The quantitative estimate of drug-likeness (QED) is 0.630. The highest BCUT2D eigenvalue weighted by molar-refractivity contribution is 6.15. The number of carbonyl (C=O) groups excluding carboxylic acids is 2. The Morgan fingerprint density at radius 2 is 2.14 bits per heavy atom. The molecule has 0 N–H and O–H groups in total. The van der Waals surface area contributed by atoms with Crippen LogP contribution >= 0.6 is 0 Å². The largest absolute Gasteiger partial charge is 0.496 e. The highest BCUT2D eigenvalue weighted by atomic mass is 16.5. The van der Waals surface area contributed by atoms with Crippen LogP contribution in [-0.4, -0.2) is 18.7 Å². The maximum atomic E-state index is 12.4. The molecule has 2 rings (SSSR count). The first-order valence-electron chi connectivity index (χ1n) is 6.73. The fourth-order valence-electron chi connectivity index (χ4n) is 2.67. The number of hydrogen-bond acceptors (Lipinski definition) is 3. The third-order valence-electron chi connectivity index (χ3n) is 3.63. The lowest BCUT2D eigenvalue weighted by molar-refractivity contribution is -0.124. The highest BCUT2D eigenvalue weighted by Crippen LogP contribution is 2.38. The Hall–Kier alpha value is -2.52. The second-order valence-corrected chi connectivity index (χ2v) is 4.94. The highest BCUT2D eigenvalue weighted by Gasteiger charge is 2.42. The van der Waals surface area contributed by atoms with Crippen LogP contribution in [0.2, 0.25) is 0 Å². The Morgan fingerprint density at radius 1 is 1.38 bits per heavy atom. The molecule has 1 saturated carbocycles. The van der Waals surface area contributed by atoms with Crippen molar-refractivity contribution in [2.75, 3.05) is 7.11 Å². The molecule has 1 aliphatic carbocycles. The van der Waals surface area contributed by atoms with Crippen LogP contribution in [0.3, 0.4) is 0 Å². The van der Waals surface area contributed by atoms with Gasteiger partial charge in [-0.25, -0.2) is 0 Å². The monoisotopic (exact) mass is 280 g/mol. The fourth-order valence-corrected chi connectivity index (χ4v) is 2.67. The fraction of sp³-hybridized carbons (Fsp3) is 0.333. The molecule has 0 heterocycles. The van der Waals surface area contributed by atoms with E-state index in [0.29, 0.717) is 17.7 Å². The number of methoxy groups -OCH3 is 1. The van der Waals surface area contributed by atoms with Crippen molar-refractivity contribution in [3.05, 3.63) is 29.3 Å². The lowest BCUT2D eigenvalue weighted by Crippen LogP contribution is -2.16. The number of benzene rings is 1. The SMILES string of the molecule is C#CCC1CC(=O)C(c2ccc(C#CC)cc2OC)C1=O. The number of carbonyl (C=O) groups is 2. The van der Waals surface area contributed by atoms with Gasteiger partial charge in [0, 0.05) is 29.9 Å². The molecule has 0 aliphatic heterocycles. The zero-order chi connectivity index (χ0) is 15.4. The minimum atomic E-state index is -0.762. The standard InChI is InChI=1S/C18H16O3/c1-4-6-12-8-9-14(16(10-12)21-3)17-15(19)11-13(7-5-2)18(17)20/h2,8-10,13,17H,7,11H2,1,3H3. The zero-order valence-corrected chi connectivity index (χ0v) is 12.1. The Morgan fingerprint density at radius 3 is 2.76 bits per heavy atom. The number of Topliss-reactive ketones (excluding diaryl/α,β-unsaturated/α-hetero) is 2. The molecular weight excluding hydrogens is 264 g/mol. The summed E-state index contributed by atoms with van der Waals surface area (Å²) in [6.45, 7) is 1.74. The molecular formula is C18H16O3. The van der Waals surface area contributed by atoms with Gasteiger partial charge in [-0.05, 0) is 19.1 Å². The van der Waals surface area contributed by atoms with Gasteiger partial charge in [-0.1, -0.05) is 12.0 Å². The van der Waals surface area contributed by atoms with Gasteiger partial charge in [0.1, 0.15) is 17.5 Å². The zero-order valence-electron chi connectivity index (χ0n) is 12.1. The molecule has 2 unspecified atom stereocenters. The van der Waals surface area contributed by atoms with E-state index in [1.165, 1.54) is 7.11 Å². The van der Waals surface area contributed by atoms with E-state index < -0.39 is 5.92 Å². The summed E-state index contributed by atoms with van der Waals surface area (Å²) < 4.78 is 5.32. The molecule has 1 aliphatic rings. The minimum absolute atomic E-state index is 0.0899. The van der Waals surface area contributed by atoms with E-state index in [1.54, 1.807) is 25.1 Å². The first-order valence-corrected chi connectivity index (χ1v) is 6.73. The Kier molecular flexibility index (Phi) is 4.45. The summed E-state index contributed by atoms with van der Waals surface area (Å²) in [5.41, 5.74) is 1.39. The summed E-state index contributed by atoms with van der Waals surface area (Å²) >= 11 is 0. The molecule has 0 radical (unpaired) electrons. The summed E-state index contributed by atoms with van der Waals surface area (Å²) in [5, 5.41) is 0. The second kappa shape index (κ2) is 6.29. The smallest absolute Gasteiger partial charge is 0.152 e. The van der Waals surface area contributed by atoms with Gasteiger partial charge in [0.05, 0.1) is 7.11 Å². The summed E-state index contributed by atoms with van der Waals surface area (Å²) in [4.78, 5) is 24.6. The summed E-state index contributed by atoms with van der Waals surface area (Å²) in [5.74, 6) is 7.38. The minimum Gasteiger partial charge on any atom is -0.496 e. The van der Waals surface area contributed by atoms with Crippen LogP contribution in [0.5, 0.6) is 5.75 Å². The lowest BCUT2D eigenvalue weighted by Gasteiger charge is -2.13. The molecule has 0 bridgehead atoms. The molecule has 1 aromatic rings. The predicted octanol–water partition coefficient (Wildman–Crippen LogP) is 2.33. The Labute approximate surface area is 124 Å². The van der Waals surface area contributed by atoms with Crippen molar-refractivity contribution in [2.45, 2.75) is 25.7 Å². The average Bonchev–Trinajstić information content (AvgIpc) is 2.74. The van der Waals surface area contributed by atoms with Gasteiger partial charge in [-0.2, -0.15) is 0 Å². The molecule has 1 aromatic carbocycles. The van der Waals surface area contributed by atoms with Crippen LogP contribution in [0.25, 0.3) is 0 Å². The third-order valence-corrected chi connectivity index (χ3v) is 3.63. The van der Waals surface area contributed by atoms with Gasteiger partial charge in [-0.15, -0.1) is 18.3 Å². The topological polar surface area (TPSA) is 43.4 Å². The average molecular weight is 280 g/mol. The Bertz CT molecular complexity index is 683. The lowest BCUT2D eigenvalue weighted by atomic mass is 9.92. The van der Waals surface area contributed by atoms with E-state index in [0.717, 1.165) is 5.56 Å². The number of ether oxygens (including phenoxy) is 1. The van der Waals surface area contributed by atoms with Crippen molar-refractivity contribution in [3.63, 3.8) is 0 Å². The molecule has 21 heavy (non-hydrogen) atoms. The van der Waals surface area contributed by atoms with Crippen molar-refractivity contribution >= 4 is 11.6 Å². The molecule has 3 nitrogen and oxygen atoms in total. The van der Waals surface area contributed by atoms with Crippen molar-refractivity contribution < 1.29 is 14.3 Å². The molecule has 0 aromatic heterocycles. The molecule has 0 saturated heterocycles. The summed E-state index contributed by atoms with van der Waals surface area (Å²) in [7, 11) is 1.52. The van der Waals surface area contributed by atoms with E-state index >= 15 is 0 Å². The van der Waals surface area contributed by atoms with Crippen LogP contribution in [0.4, 0.5) is 0 Å². The number of ketones is 2. The van der Waals surface area contributed by atoms with Crippen molar-refractivity contribution in [3.8, 4) is 29.9 Å². The maximum absolute atomic E-state index is 12.4. The van der Waals surface area contributed by atoms with Crippen molar-refractivity contribution in [1.29, 1.82) is 0 Å². The van der Waals surface area contributed by atoms with Gasteiger partial charge in [-0.3, -0.25) is 9.59 Å². The molecule has 2 atom stereocenters. The molecule has 0 amide bonds. The number of hydrogen-bond donors (Lipinski definition) is 0. The summed E-state index contributed by atoms with van der Waals surface area (Å²) in [6.07, 6.45) is 5.78. The van der Waals surface area contributed by atoms with Gasteiger partial charge in [0.15, 0.2) is 5.78 Å². The van der Waals surface area contributed by atoms with Crippen molar-refractivity contribution in [2.24, 2.45) is 5.92 Å². The predicted molar refractivity (Wildman–Crippen MR) is 79.9 cm³/mol. The number of rotatable bonds is 3. The Balaban J connectivity index is 2.41. The van der Waals surface area contributed by atoms with E-state index in [2.05, 4.69) is 17.8 Å². The third kappa shape index (κ3) is 2.83. The first kappa shape index (κ1) is 14.9. The van der Waals surface area contributed by atoms with E-state index in [4.69, 9.17) is 11.2 Å². The number of terminal acetylenes is 1. The molecule has 3 heteroatoms. The van der Waals surface area contributed by atoms with Gasteiger partial charge in [0.2, 0.25) is 0 Å². The van der Waals surface area contributed by atoms with Gasteiger partial charge < -0.3 is 4.74 Å². The van der Waals surface area contributed by atoms with Crippen LogP contribution in [0.1, 0.15) is 36.8 Å². The van der Waals surface area contributed by atoms with E-state index in [-0.39, 0.29) is 23.9 Å². The first-order chi connectivity index (χ1) is 10.1. The normalized spacial score (nSPS) is 20.6. The van der Waals surface area contributed by atoms with Crippen LogP contribution in [0.15, 0.2) is 18.2 Å². The van der Waals surface area contributed by atoms with E-state index in [1.807, 2.05) is 0 Å². The van der Waals surface area contributed by atoms with Crippen LogP contribution < -0.4 is 4.74 Å². The maximum Gasteiger partial charge on any atom is 0.152 e. The van der Waals surface area contributed by atoms with Crippen LogP contribution in [0, 0.1) is 30.1 Å². The molecule has 106 valence electrons. The molecule has 0 spiro atoms. The second-order valence-electron chi connectivity index (χ2n) is 4.94. The van der Waals surface area contributed by atoms with Gasteiger partial charge >= 0.3 is 0 Å². The van der Waals surface area contributed by atoms with Crippen LogP contribution in [-0.2, 0) is 9.59 Å². The molecule has 1 fully saturated rings. The van der Waals surface area contributed by atoms with Gasteiger partial charge in [0.25, 0.3) is 0 Å². The summed E-state index contributed by atoms with van der Waals surface area (Å²) in [6, 6.07) is 5.29. The van der Waals surface area contributed by atoms with Crippen molar-refractivity contribution in [1.82, 2.24) is 0 Å².